The van der Waals surface area contributed by atoms with Gasteiger partial charge in [-0.2, -0.15) is 4.31 Å². The summed E-state index contributed by atoms with van der Waals surface area (Å²) >= 11 is 0. The highest BCUT2D eigenvalue weighted by Gasteiger charge is 2.31. The van der Waals surface area contributed by atoms with Crippen LogP contribution >= 0.6 is 0 Å². The largest absolute Gasteiger partial charge is 0.336 e. The van der Waals surface area contributed by atoms with Crippen molar-refractivity contribution in [1.29, 1.82) is 0 Å². The molecular weight excluding hydrogens is 426 g/mol. The average Bonchev–Trinajstić information content (AvgIpc) is 2.85. The van der Waals surface area contributed by atoms with Crippen LogP contribution in [0.2, 0.25) is 0 Å². The Morgan fingerprint density at radius 3 is 2.22 bits per heavy atom. The molecule has 2 fully saturated rings. The zero-order valence-electron chi connectivity index (χ0n) is 18.1. The highest BCUT2D eigenvalue weighted by Crippen LogP contribution is 2.26. The lowest BCUT2D eigenvalue weighted by Crippen LogP contribution is -2.50. The molecule has 2 aromatic carbocycles. The summed E-state index contributed by atoms with van der Waals surface area (Å²) in [5.41, 5.74) is 1.10. The number of hydrogen-bond donors (Lipinski definition) is 1. The van der Waals surface area contributed by atoms with Gasteiger partial charge in [-0.05, 0) is 43.2 Å². The normalized spacial score (nSPS) is 18.3. The number of carbonyl (C=O) groups excluding carboxylic acids is 2. The first-order chi connectivity index (χ1) is 15.4. The minimum atomic E-state index is -3.71. The number of hydrogen-bond acceptors (Lipinski definition) is 4. The van der Waals surface area contributed by atoms with Gasteiger partial charge in [0.2, 0.25) is 15.9 Å². The van der Waals surface area contributed by atoms with Gasteiger partial charge in [-0.25, -0.2) is 8.42 Å². The SMILES string of the molecule is O=C(Nc1cccc(S(=O)(=O)N2CCN(C(=O)c3ccccc3)CC2)c1)C1CCCCC1. The van der Waals surface area contributed by atoms with Crippen molar-refractivity contribution in [3.8, 4) is 0 Å². The van der Waals surface area contributed by atoms with Crippen LogP contribution in [0.5, 0.6) is 0 Å². The van der Waals surface area contributed by atoms with Crippen LogP contribution in [0.3, 0.4) is 0 Å². The van der Waals surface area contributed by atoms with E-state index in [0.29, 0.717) is 24.3 Å². The smallest absolute Gasteiger partial charge is 0.253 e. The zero-order chi connectivity index (χ0) is 22.6. The van der Waals surface area contributed by atoms with Crippen molar-refractivity contribution < 1.29 is 18.0 Å². The first-order valence-corrected chi connectivity index (χ1v) is 12.6. The molecule has 2 aliphatic rings. The average molecular weight is 456 g/mol. The molecule has 170 valence electrons. The molecule has 1 heterocycles. The van der Waals surface area contributed by atoms with Crippen molar-refractivity contribution in [3.63, 3.8) is 0 Å². The third-order valence-corrected chi connectivity index (χ3v) is 8.16. The lowest BCUT2D eigenvalue weighted by molar-refractivity contribution is -0.120. The number of amides is 2. The molecule has 1 saturated carbocycles. The lowest BCUT2D eigenvalue weighted by Gasteiger charge is -2.34. The van der Waals surface area contributed by atoms with Gasteiger partial charge in [-0.3, -0.25) is 9.59 Å². The third-order valence-electron chi connectivity index (χ3n) is 6.26. The van der Waals surface area contributed by atoms with E-state index in [1.54, 1.807) is 35.2 Å². The van der Waals surface area contributed by atoms with Crippen LogP contribution in [-0.4, -0.2) is 55.6 Å². The molecule has 7 nitrogen and oxygen atoms in total. The van der Waals surface area contributed by atoms with Gasteiger partial charge in [-0.15, -0.1) is 0 Å². The van der Waals surface area contributed by atoms with E-state index >= 15 is 0 Å². The van der Waals surface area contributed by atoms with Crippen molar-refractivity contribution in [3.05, 3.63) is 60.2 Å². The van der Waals surface area contributed by atoms with Crippen LogP contribution in [0.4, 0.5) is 5.69 Å². The molecule has 1 N–H and O–H groups in total. The molecule has 0 spiro atoms. The molecule has 0 aromatic heterocycles. The van der Waals surface area contributed by atoms with E-state index in [0.717, 1.165) is 25.7 Å². The van der Waals surface area contributed by atoms with Gasteiger partial charge < -0.3 is 10.2 Å². The summed E-state index contributed by atoms with van der Waals surface area (Å²) in [4.78, 5) is 27.0. The van der Waals surface area contributed by atoms with E-state index < -0.39 is 10.0 Å². The quantitative estimate of drug-likeness (QED) is 0.749. The second kappa shape index (κ2) is 9.83. The second-order valence-corrected chi connectivity index (χ2v) is 10.4. The number of anilines is 1. The first-order valence-electron chi connectivity index (χ1n) is 11.2. The van der Waals surface area contributed by atoms with Crippen molar-refractivity contribution >= 4 is 27.5 Å². The lowest BCUT2D eigenvalue weighted by atomic mass is 9.88. The topological polar surface area (TPSA) is 86.8 Å². The van der Waals surface area contributed by atoms with E-state index in [9.17, 15) is 18.0 Å². The van der Waals surface area contributed by atoms with Crippen LogP contribution in [0.25, 0.3) is 0 Å². The van der Waals surface area contributed by atoms with Crippen LogP contribution in [-0.2, 0) is 14.8 Å². The van der Waals surface area contributed by atoms with Gasteiger partial charge in [0.1, 0.15) is 0 Å². The van der Waals surface area contributed by atoms with Crippen LogP contribution < -0.4 is 5.32 Å². The van der Waals surface area contributed by atoms with Gasteiger partial charge in [0.05, 0.1) is 4.90 Å². The standard InChI is InChI=1S/C24H29N3O4S/c28-23(19-8-3-1-4-9-19)25-21-12-7-13-22(18-21)32(30,31)27-16-14-26(15-17-27)24(29)20-10-5-2-6-11-20/h2,5-7,10-13,18-19H,1,3-4,8-9,14-17H2,(H,25,28). The molecule has 0 atom stereocenters. The van der Waals surface area contributed by atoms with E-state index in [4.69, 9.17) is 0 Å². The first kappa shape index (κ1) is 22.5. The molecule has 32 heavy (non-hydrogen) atoms. The van der Waals surface area contributed by atoms with Gasteiger partial charge >= 0.3 is 0 Å². The van der Waals surface area contributed by atoms with Crippen LogP contribution in [0, 0.1) is 5.92 Å². The van der Waals surface area contributed by atoms with Gasteiger partial charge in [0.15, 0.2) is 0 Å². The maximum atomic E-state index is 13.2. The maximum Gasteiger partial charge on any atom is 0.253 e. The van der Waals surface area contributed by atoms with E-state index in [2.05, 4.69) is 5.32 Å². The van der Waals surface area contributed by atoms with Crippen LogP contribution in [0.1, 0.15) is 42.5 Å². The predicted octanol–water partition coefficient (Wildman–Crippen LogP) is 3.35. The Balaban J connectivity index is 1.40. The highest BCUT2D eigenvalue weighted by molar-refractivity contribution is 7.89. The summed E-state index contributed by atoms with van der Waals surface area (Å²) in [5, 5.41) is 2.89. The molecule has 2 aromatic rings. The van der Waals surface area contributed by atoms with Gasteiger partial charge in [-0.1, -0.05) is 43.5 Å². The van der Waals surface area contributed by atoms with Crippen molar-refractivity contribution in [1.82, 2.24) is 9.21 Å². The third kappa shape index (κ3) is 5.02. The molecule has 1 saturated heterocycles. The minimum Gasteiger partial charge on any atom is -0.336 e. The fourth-order valence-corrected chi connectivity index (χ4v) is 5.86. The van der Waals surface area contributed by atoms with E-state index in [-0.39, 0.29) is 35.7 Å². The second-order valence-electron chi connectivity index (χ2n) is 8.41. The fraction of sp³-hybridized carbons (Fsp3) is 0.417. The molecule has 1 aliphatic carbocycles. The Kier molecular flexibility index (Phi) is 6.91. The number of sulfonamides is 1. The Labute approximate surface area is 189 Å². The molecule has 1 aliphatic heterocycles. The number of nitrogens with zero attached hydrogens (tertiary/aromatic N) is 2. The Hall–Kier alpha value is -2.71. The zero-order valence-corrected chi connectivity index (χ0v) is 18.9. The van der Waals surface area contributed by atoms with Crippen molar-refractivity contribution in [2.75, 3.05) is 31.5 Å². The number of carbonyl (C=O) groups is 2. The predicted molar refractivity (Wildman–Crippen MR) is 123 cm³/mol. The Bertz CT molecular complexity index is 1060. The number of nitrogens with one attached hydrogen (secondary N) is 1. The number of rotatable bonds is 5. The van der Waals surface area contributed by atoms with Gasteiger partial charge in [0.25, 0.3) is 5.91 Å². The summed E-state index contributed by atoms with van der Waals surface area (Å²) in [6.07, 6.45) is 5.06. The molecule has 4 rings (SSSR count). The molecule has 0 radical (unpaired) electrons. The van der Waals surface area contributed by atoms with Crippen LogP contribution in [0.15, 0.2) is 59.5 Å². The van der Waals surface area contributed by atoms with Crippen molar-refractivity contribution in [2.45, 2.75) is 37.0 Å². The molecule has 0 unspecified atom stereocenters. The number of piperazine rings is 1. The fourth-order valence-electron chi connectivity index (χ4n) is 4.39. The molecular formula is C24H29N3O4S. The summed E-state index contributed by atoms with van der Waals surface area (Å²) < 4.78 is 27.8. The molecule has 2 amide bonds. The number of benzene rings is 2. The summed E-state index contributed by atoms with van der Waals surface area (Å²) in [5.74, 6) is -0.124. The Morgan fingerprint density at radius 1 is 0.844 bits per heavy atom. The summed E-state index contributed by atoms with van der Waals surface area (Å²) in [6, 6.07) is 15.4. The van der Waals surface area contributed by atoms with Gasteiger partial charge in [0, 0.05) is 43.3 Å². The molecule has 0 bridgehead atoms. The monoisotopic (exact) mass is 455 g/mol. The minimum absolute atomic E-state index is 0.000702. The maximum absolute atomic E-state index is 13.2. The summed E-state index contributed by atoms with van der Waals surface area (Å²) in [7, 11) is -3.71. The Morgan fingerprint density at radius 2 is 1.53 bits per heavy atom. The van der Waals surface area contributed by atoms with E-state index in [1.807, 2.05) is 18.2 Å². The van der Waals surface area contributed by atoms with E-state index in [1.165, 1.54) is 16.8 Å². The summed E-state index contributed by atoms with van der Waals surface area (Å²) in [6.45, 7) is 1.15. The highest BCUT2D eigenvalue weighted by atomic mass is 32.2. The molecule has 8 heteroatoms. The van der Waals surface area contributed by atoms with Crippen molar-refractivity contribution in [2.24, 2.45) is 5.92 Å².